The standard InChI is InChI=1S/C18H22BrN/c1-12-5-7-14(3)17(9-12)15(4)20-11-16-8-6-13(2)10-18(16)19/h5-10,15,20H,11H2,1-4H3. The van der Waals surface area contributed by atoms with E-state index >= 15 is 0 Å². The molecule has 106 valence electrons. The number of nitrogens with one attached hydrogen (secondary N) is 1. The van der Waals surface area contributed by atoms with E-state index in [-0.39, 0.29) is 0 Å². The fourth-order valence-electron chi connectivity index (χ4n) is 2.40. The summed E-state index contributed by atoms with van der Waals surface area (Å²) < 4.78 is 1.18. The predicted octanol–water partition coefficient (Wildman–Crippen LogP) is 5.23. The molecule has 2 aromatic carbocycles. The Kier molecular flexibility index (Phi) is 5.00. The Hall–Kier alpha value is -1.12. The third-order valence-corrected chi connectivity index (χ3v) is 4.45. The molecular weight excluding hydrogens is 310 g/mol. The molecule has 20 heavy (non-hydrogen) atoms. The Bertz CT molecular complexity index is 604. The van der Waals surface area contributed by atoms with Gasteiger partial charge < -0.3 is 5.32 Å². The number of aryl methyl sites for hydroxylation is 3. The third kappa shape index (κ3) is 3.71. The maximum Gasteiger partial charge on any atom is 0.0297 e. The van der Waals surface area contributed by atoms with Gasteiger partial charge in [0.15, 0.2) is 0 Å². The molecule has 0 aliphatic heterocycles. The van der Waals surface area contributed by atoms with Crippen molar-refractivity contribution in [3.63, 3.8) is 0 Å². The van der Waals surface area contributed by atoms with Crippen molar-refractivity contribution >= 4 is 15.9 Å². The molecule has 2 aromatic rings. The molecule has 0 fully saturated rings. The molecule has 0 aliphatic carbocycles. The van der Waals surface area contributed by atoms with E-state index in [1.54, 1.807) is 0 Å². The van der Waals surface area contributed by atoms with Crippen LogP contribution in [-0.2, 0) is 6.54 Å². The summed E-state index contributed by atoms with van der Waals surface area (Å²) in [5, 5.41) is 3.61. The molecule has 0 saturated heterocycles. The second-order valence-electron chi connectivity index (χ2n) is 5.56. The maximum atomic E-state index is 3.64. The van der Waals surface area contributed by atoms with Gasteiger partial charge in [0.25, 0.3) is 0 Å². The Morgan fingerprint density at radius 2 is 1.65 bits per heavy atom. The van der Waals surface area contributed by atoms with E-state index in [0.717, 1.165) is 6.54 Å². The molecule has 1 N–H and O–H groups in total. The minimum Gasteiger partial charge on any atom is -0.306 e. The predicted molar refractivity (Wildman–Crippen MR) is 90.0 cm³/mol. The highest BCUT2D eigenvalue weighted by molar-refractivity contribution is 9.10. The van der Waals surface area contributed by atoms with Gasteiger partial charge in [-0.25, -0.2) is 0 Å². The molecule has 0 spiro atoms. The summed E-state index contributed by atoms with van der Waals surface area (Å²) in [6.07, 6.45) is 0. The lowest BCUT2D eigenvalue weighted by molar-refractivity contribution is 0.571. The first-order valence-electron chi connectivity index (χ1n) is 7.03. The van der Waals surface area contributed by atoms with Gasteiger partial charge in [0.2, 0.25) is 0 Å². The van der Waals surface area contributed by atoms with Crippen molar-refractivity contribution in [3.8, 4) is 0 Å². The molecular formula is C18H22BrN. The van der Waals surface area contributed by atoms with Crippen LogP contribution >= 0.6 is 15.9 Å². The topological polar surface area (TPSA) is 12.0 Å². The van der Waals surface area contributed by atoms with Crippen molar-refractivity contribution in [2.24, 2.45) is 0 Å². The van der Waals surface area contributed by atoms with E-state index in [2.05, 4.69) is 85.3 Å². The summed E-state index contributed by atoms with van der Waals surface area (Å²) in [6.45, 7) is 9.53. The second kappa shape index (κ2) is 6.55. The minimum absolute atomic E-state index is 0.350. The number of hydrogen-bond donors (Lipinski definition) is 1. The fourth-order valence-corrected chi connectivity index (χ4v) is 3.03. The minimum atomic E-state index is 0.350. The van der Waals surface area contributed by atoms with Crippen LogP contribution < -0.4 is 5.32 Å². The van der Waals surface area contributed by atoms with E-state index in [0.29, 0.717) is 6.04 Å². The van der Waals surface area contributed by atoms with Crippen molar-refractivity contribution in [1.29, 1.82) is 0 Å². The van der Waals surface area contributed by atoms with E-state index in [9.17, 15) is 0 Å². The number of hydrogen-bond acceptors (Lipinski definition) is 1. The van der Waals surface area contributed by atoms with E-state index < -0.39 is 0 Å². The van der Waals surface area contributed by atoms with Crippen molar-refractivity contribution < 1.29 is 0 Å². The monoisotopic (exact) mass is 331 g/mol. The molecule has 0 aliphatic rings. The average molecular weight is 332 g/mol. The van der Waals surface area contributed by atoms with Gasteiger partial charge in [-0.2, -0.15) is 0 Å². The lowest BCUT2D eigenvalue weighted by Gasteiger charge is -2.18. The van der Waals surface area contributed by atoms with Crippen LogP contribution in [0.4, 0.5) is 0 Å². The van der Waals surface area contributed by atoms with Crippen LogP contribution in [0.2, 0.25) is 0 Å². The molecule has 0 radical (unpaired) electrons. The van der Waals surface area contributed by atoms with Crippen LogP contribution in [-0.4, -0.2) is 0 Å². The van der Waals surface area contributed by atoms with Crippen LogP contribution in [0.15, 0.2) is 40.9 Å². The summed E-state index contributed by atoms with van der Waals surface area (Å²) in [4.78, 5) is 0. The molecule has 0 amide bonds. The van der Waals surface area contributed by atoms with Crippen LogP contribution in [0.3, 0.4) is 0 Å². The van der Waals surface area contributed by atoms with E-state index in [1.807, 2.05) is 0 Å². The number of halogens is 1. The van der Waals surface area contributed by atoms with Gasteiger partial charge in [-0.15, -0.1) is 0 Å². The van der Waals surface area contributed by atoms with Gasteiger partial charge in [0.05, 0.1) is 0 Å². The van der Waals surface area contributed by atoms with Crippen LogP contribution in [0, 0.1) is 20.8 Å². The smallest absolute Gasteiger partial charge is 0.0297 e. The van der Waals surface area contributed by atoms with E-state index in [4.69, 9.17) is 0 Å². The molecule has 2 heteroatoms. The second-order valence-corrected chi connectivity index (χ2v) is 6.41. The molecule has 0 heterocycles. The zero-order valence-corrected chi connectivity index (χ0v) is 14.2. The highest BCUT2D eigenvalue weighted by Gasteiger charge is 2.09. The molecule has 1 atom stereocenters. The first-order chi connectivity index (χ1) is 9.47. The summed E-state index contributed by atoms with van der Waals surface area (Å²) in [7, 11) is 0. The molecule has 0 aromatic heterocycles. The fraction of sp³-hybridized carbons (Fsp3) is 0.333. The largest absolute Gasteiger partial charge is 0.306 e. The summed E-state index contributed by atoms with van der Waals surface area (Å²) in [6, 6.07) is 13.5. The van der Waals surface area contributed by atoms with Gasteiger partial charge in [-0.3, -0.25) is 0 Å². The lowest BCUT2D eigenvalue weighted by Crippen LogP contribution is -2.19. The molecule has 1 unspecified atom stereocenters. The molecule has 2 rings (SSSR count). The van der Waals surface area contributed by atoms with Crippen LogP contribution in [0.5, 0.6) is 0 Å². The van der Waals surface area contributed by atoms with Crippen LogP contribution in [0.25, 0.3) is 0 Å². The van der Waals surface area contributed by atoms with Crippen molar-refractivity contribution in [2.75, 3.05) is 0 Å². The zero-order valence-electron chi connectivity index (χ0n) is 12.6. The van der Waals surface area contributed by atoms with Crippen molar-refractivity contribution in [1.82, 2.24) is 5.32 Å². The first-order valence-corrected chi connectivity index (χ1v) is 7.82. The maximum absolute atomic E-state index is 3.64. The van der Waals surface area contributed by atoms with Gasteiger partial charge in [0.1, 0.15) is 0 Å². The normalized spacial score (nSPS) is 12.4. The quantitative estimate of drug-likeness (QED) is 0.809. The average Bonchev–Trinajstić information content (AvgIpc) is 2.40. The molecule has 0 saturated carbocycles. The number of rotatable bonds is 4. The Morgan fingerprint density at radius 1 is 1.00 bits per heavy atom. The van der Waals surface area contributed by atoms with Gasteiger partial charge in [0, 0.05) is 17.1 Å². The van der Waals surface area contributed by atoms with E-state index in [1.165, 1.54) is 32.3 Å². The van der Waals surface area contributed by atoms with Gasteiger partial charge >= 0.3 is 0 Å². The highest BCUT2D eigenvalue weighted by Crippen LogP contribution is 2.22. The summed E-state index contributed by atoms with van der Waals surface area (Å²) >= 11 is 3.64. The van der Waals surface area contributed by atoms with Crippen molar-refractivity contribution in [2.45, 2.75) is 40.3 Å². The zero-order chi connectivity index (χ0) is 14.7. The Labute approximate surface area is 130 Å². The lowest BCUT2D eigenvalue weighted by atomic mass is 10.00. The summed E-state index contributed by atoms with van der Waals surface area (Å²) in [5.41, 5.74) is 6.62. The third-order valence-electron chi connectivity index (χ3n) is 3.71. The first kappa shape index (κ1) is 15.3. The van der Waals surface area contributed by atoms with Crippen molar-refractivity contribution in [3.05, 3.63) is 68.7 Å². The highest BCUT2D eigenvalue weighted by atomic mass is 79.9. The Balaban J connectivity index is 2.08. The van der Waals surface area contributed by atoms with Crippen LogP contribution in [0.1, 0.15) is 40.8 Å². The van der Waals surface area contributed by atoms with Gasteiger partial charge in [-0.1, -0.05) is 51.8 Å². The summed E-state index contributed by atoms with van der Waals surface area (Å²) in [5.74, 6) is 0. The molecule has 0 bridgehead atoms. The number of benzene rings is 2. The molecule has 1 nitrogen and oxygen atoms in total. The SMILES string of the molecule is Cc1ccc(CNC(C)c2cc(C)ccc2C)c(Br)c1. The van der Waals surface area contributed by atoms with Gasteiger partial charge in [-0.05, 0) is 56.0 Å². The Morgan fingerprint density at radius 3 is 2.35 bits per heavy atom.